The van der Waals surface area contributed by atoms with E-state index < -0.39 is 5.97 Å². The highest BCUT2D eigenvalue weighted by Crippen LogP contribution is 2.58. The van der Waals surface area contributed by atoms with Gasteiger partial charge in [0.25, 0.3) is 0 Å². The summed E-state index contributed by atoms with van der Waals surface area (Å²) in [5.41, 5.74) is 1.72. The summed E-state index contributed by atoms with van der Waals surface area (Å²) >= 11 is 0. The van der Waals surface area contributed by atoms with Crippen LogP contribution >= 0.6 is 0 Å². The highest BCUT2D eigenvalue weighted by molar-refractivity contribution is 5.66. The van der Waals surface area contributed by atoms with Gasteiger partial charge in [0.2, 0.25) is 0 Å². The van der Waals surface area contributed by atoms with Crippen LogP contribution in [0, 0.1) is 35.5 Å². The third-order valence-corrected chi connectivity index (χ3v) is 7.20. The average molecular weight is 300 g/mol. The van der Waals surface area contributed by atoms with Crippen LogP contribution in [0.2, 0.25) is 0 Å². The molecule has 0 aliphatic heterocycles. The zero-order chi connectivity index (χ0) is 15.1. The molecule has 0 spiro atoms. The Kier molecular flexibility index (Phi) is 3.88. The largest absolute Gasteiger partial charge is 0.481 e. The summed E-state index contributed by atoms with van der Waals surface area (Å²) in [6, 6.07) is 0. The van der Waals surface area contributed by atoms with Crippen LogP contribution in [0.25, 0.3) is 0 Å². The van der Waals surface area contributed by atoms with E-state index in [2.05, 4.69) is 18.2 Å². The van der Waals surface area contributed by atoms with E-state index in [1.54, 1.807) is 5.57 Å². The molecule has 0 bridgehead atoms. The van der Waals surface area contributed by atoms with Crippen molar-refractivity contribution in [3.05, 3.63) is 23.8 Å². The van der Waals surface area contributed by atoms with E-state index in [1.807, 2.05) is 0 Å². The minimum atomic E-state index is -0.614. The topological polar surface area (TPSA) is 37.3 Å². The fourth-order valence-corrected chi connectivity index (χ4v) is 6.35. The van der Waals surface area contributed by atoms with Crippen molar-refractivity contribution < 1.29 is 9.90 Å². The third-order valence-electron chi connectivity index (χ3n) is 7.20. The van der Waals surface area contributed by atoms with E-state index in [1.165, 1.54) is 38.5 Å². The first-order valence-corrected chi connectivity index (χ1v) is 9.31. The van der Waals surface area contributed by atoms with Gasteiger partial charge in [0, 0.05) is 12.3 Å². The molecule has 0 saturated heterocycles. The molecule has 6 atom stereocenters. The lowest BCUT2D eigenvalue weighted by atomic mass is 9.56. The van der Waals surface area contributed by atoms with Crippen molar-refractivity contribution in [3.8, 4) is 0 Å². The first-order chi connectivity index (χ1) is 10.7. The minimum absolute atomic E-state index is 0.375. The van der Waals surface area contributed by atoms with E-state index in [0.29, 0.717) is 12.3 Å². The number of rotatable bonds is 3. The van der Waals surface area contributed by atoms with Gasteiger partial charge in [-0.1, -0.05) is 23.8 Å². The molecule has 0 heterocycles. The van der Waals surface area contributed by atoms with Gasteiger partial charge in [-0.15, -0.1) is 0 Å². The summed E-state index contributed by atoms with van der Waals surface area (Å²) in [6.45, 7) is 0. The molecule has 0 aromatic carbocycles. The predicted octanol–water partition coefficient (Wildman–Crippen LogP) is 4.82. The molecule has 1 N–H and O–H groups in total. The lowest BCUT2D eigenvalue weighted by molar-refractivity contribution is -0.137. The van der Waals surface area contributed by atoms with Gasteiger partial charge >= 0.3 is 5.97 Å². The Labute approximate surface area is 133 Å². The molecule has 3 fully saturated rings. The van der Waals surface area contributed by atoms with Crippen LogP contribution in [0.4, 0.5) is 0 Å². The average Bonchev–Trinajstić information content (AvgIpc) is 2.96. The molecule has 0 radical (unpaired) electrons. The number of aliphatic carboxylic acids is 1. The lowest BCUT2D eigenvalue weighted by Gasteiger charge is -2.48. The molecule has 6 unspecified atom stereocenters. The molecule has 22 heavy (non-hydrogen) atoms. The van der Waals surface area contributed by atoms with Gasteiger partial charge in [-0.2, -0.15) is 0 Å². The molecule has 2 heteroatoms. The summed E-state index contributed by atoms with van der Waals surface area (Å²) in [7, 11) is 0. The second-order valence-corrected chi connectivity index (χ2v) is 8.01. The van der Waals surface area contributed by atoms with Gasteiger partial charge in [-0.25, -0.2) is 0 Å². The van der Waals surface area contributed by atoms with Crippen molar-refractivity contribution >= 4 is 5.97 Å². The molecular formula is C20H28O2. The fraction of sp³-hybridized carbons (Fsp3) is 0.750. The van der Waals surface area contributed by atoms with Gasteiger partial charge < -0.3 is 5.11 Å². The van der Waals surface area contributed by atoms with Gasteiger partial charge in [-0.05, 0) is 81.0 Å². The molecule has 0 amide bonds. The van der Waals surface area contributed by atoms with Crippen LogP contribution in [0.1, 0.15) is 57.8 Å². The summed E-state index contributed by atoms with van der Waals surface area (Å²) < 4.78 is 0. The summed E-state index contributed by atoms with van der Waals surface area (Å²) in [5.74, 6) is 4.35. The van der Waals surface area contributed by atoms with E-state index in [9.17, 15) is 4.79 Å². The third kappa shape index (κ3) is 2.45. The Balaban J connectivity index is 1.47. The molecular weight excluding hydrogens is 272 g/mol. The standard InChI is InChI=1S/C20H28O2/c21-20(22)12-7-14-6-8-17-16(14)10-11-18-15-4-2-1-3-13(15)5-9-19(17)18/h2-4,14-19H,1,5-12H2,(H,21,22). The fourth-order valence-electron chi connectivity index (χ4n) is 6.35. The number of carboxylic acids is 1. The summed E-state index contributed by atoms with van der Waals surface area (Å²) in [6.07, 6.45) is 17.9. The van der Waals surface area contributed by atoms with E-state index in [-0.39, 0.29) is 0 Å². The van der Waals surface area contributed by atoms with Gasteiger partial charge in [0.15, 0.2) is 0 Å². The second-order valence-electron chi connectivity index (χ2n) is 8.01. The molecule has 3 saturated carbocycles. The second kappa shape index (κ2) is 5.86. The van der Waals surface area contributed by atoms with Crippen molar-refractivity contribution in [1.82, 2.24) is 0 Å². The quantitative estimate of drug-likeness (QED) is 0.759. The van der Waals surface area contributed by atoms with Crippen LogP contribution in [0.15, 0.2) is 23.8 Å². The lowest BCUT2D eigenvalue weighted by Crippen LogP contribution is -2.40. The normalized spacial score (nSPS) is 43.0. The number of hydrogen-bond donors (Lipinski definition) is 1. The van der Waals surface area contributed by atoms with Crippen molar-refractivity contribution in [1.29, 1.82) is 0 Å². The molecule has 0 aromatic heterocycles. The molecule has 120 valence electrons. The zero-order valence-corrected chi connectivity index (χ0v) is 13.4. The van der Waals surface area contributed by atoms with Gasteiger partial charge in [0.05, 0.1) is 0 Å². The van der Waals surface area contributed by atoms with E-state index in [0.717, 1.165) is 42.4 Å². The summed E-state index contributed by atoms with van der Waals surface area (Å²) in [5, 5.41) is 8.97. The first-order valence-electron chi connectivity index (χ1n) is 9.31. The van der Waals surface area contributed by atoms with Gasteiger partial charge in [-0.3, -0.25) is 4.79 Å². The Bertz CT molecular complexity index is 504. The van der Waals surface area contributed by atoms with E-state index in [4.69, 9.17) is 5.11 Å². The molecule has 4 rings (SSSR count). The highest BCUT2D eigenvalue weighted by Gasteiger charge is 2.49. The molecule has 2 nitrogen and oxygen atoms in total. The van der Waals surface area contributed by atoms with E-state index >= 15 is 0 Å². The maximum Gasteiger partial charge on any atom is 0.303 e. The van der Waals surface area contributed by atoms with Crippen molar-refractivity contribution in [2.45, 2.75) is 57.8 Å². The molecule has 4 aliphatic rings. The Morgan fingerprint density at radius 3 is 2.68 bits per heavy atom. The maximum atomic E-state index is 10.9. The van der Waals surface area contributed by atoms with Crippen LogP contribution in [0.5, 0.6) is 0 Å². The molecule has 4 aliphatic carbocycles. The van der Waals surface area contributed by atoms with Crippen LogP contribution in [0.3, 0.4) is 0 Å². The first kappa shape index (κ1) is 14.5. The summed E-state index contributed by atoms with van der Waals surface area (Å²) in [4.78, 5) is 10.9. The monoisotopic (exact) mass is 300 g/mol. The Hall–Kier alpha value is -1.05. The Morgan fingerprint density at radius 2 is 1.82 bits per heavy atom. The zero-order valence-electron chi connectivity index (χ0n) is 13.4. The number of hydrogen-bond acceptors (Lipinski definition) is 1. The number of fused-ring (bicyclic) bond motifs is 5. The molecule has 0 aromatic rings. The smallest absolute Gasteiger partial charge is 0.303 e. The van der Waals surface area contributed by atoms with Crippen LogP contribution in [-0.2, 0) is 4.79 Å². The van der Waals surface area contributed by atoms with Gasteiger partial charge in [0.1, 0.15) is 0 Å². The number of carbonyl (C=O) groups is 1. The van der Waals surface area contributed by atoms with Crippen LogP contribution < -0.4 is 0 Å². The Morgan fingerprint density at radius 1 is 1.05 bits per heavy atom. The van der Waals surface area contributed by atoms with Crippen LogP contribution in [-0.4, -0.2) is 11.1 Å². The minimum Gasteiger partial charge on any atom is -0.481 e. The highest BCUT2D eigenvalue weighted by atomic mass is 16.4. The van der Waals surface area contributed by atoms with Crippen molar-refractivity contribution in [2.75, 3.05) is 0 Å². The SMILES string of the molecule is O=C(O)CCC1CCC2C1CCC1C3C=CCC=C3CCC12. The number of carboxylic acid groups (broad SMARTS) is 1. The maximum absolute atomic E-state index is 10.9. The number of allylic oxidation sites excluding steroid dienone is 4. The predicted molar refractivity (Wildman–Crippen MR) is 87.4 cm³/mol. The van der Waals surface area contributed by atoms with Crippen molar-refractivity contribution in [2.24, 2.45) is 35.5 Å². The van der Waals surface area contributed by atoms with Crippen molar-refractivity contribution in [3.63, 3.8) is 0 Å².